The molecule has 0 aliphatic rings. The first-order valence-corrected chi connectivity index (χ1v) is 2.13. The monoisotopic (exact) mass is 138 g/mol. The summed E-state index contributed by atoms with van der Waals surface area (Å²) in [5, 5.41) is 16.2. The van der Waals surface area contributed by atoms with Gasteiger partial charge in [0.25, 0.3) is 0 Å². The molecule has 0 bridgehead atoms. The molecule has 0 amide bonds. The van der Waals surface area contributed by atoms with Crippen molar-refractivity contribution >= 4 is 59.1 Å². The predicted molar refractivity (Wildman–Crippen MR) is 37.7 cm³/mol. The Morgan fingerprint density at radius 1 is 0.750 bits per heavy atom. The zero-order valence-electron chi connectivity index (χ0n) is 3.72. The first-order chi connectivity index (χ1) is 2.91. The fourth-order valence-corrected chi connectivity index (χ4v) is 0.224. The van der Waals surface area contributed by atoms with E-state index in [1.165, 1.54) is 0 Å². The van der Waals surface area contributed by atoms with Gasteiger partial charge in [-0.25, -0.2) is 0 Å². The molecule has 0 aliphatic carbocycles. The van der Waals surface area contributed by atoms with Crippen molar-refractivity contribution in [3.63, 3.8) is 0 Å². The van der Waals surface area contributed by atoms with Crippen LogP contribution in [0.1, 0.15) is 12.8 Å². The molecule has 0 saturated carbocycles. The van der Waals surface area contributed by atoms with Crippen LogP contribution in [0.3, 0.4) is 0 Å². The van der Waals surface area contributed by atoms with Crippen LogP contribution >= 0.6 is 0 Å². The van der Waals surface area contributed by atoms with Gasteiger partial charge in [0, 0.05) is 13.2 Å². The number of hydrogen-bond donors (Lipinski definition) is 2. The third-order valence-corrected chi connectivity index (χ3v) is 0.566. The first-order valence-electron chi connectivity index (χ1n) is 2.13. The summed E-state index contributed by atoms with van der Waals surface area (Å²) in [7, 11) is 0. The van der Waals surface area contributed by atoms with E-state index in [1.807, 2.05) is 0 Å². The molecule has 0 heterocycles. The van der Waals surface area contributed by atoms with Crippen molar-refractivity contribution in [2.24, 2.45) is 0 Å². The third kappa shape index (κ3) is 15.7. The van der Waals surface area contributed by atoms with E-state index in [4.69, 9.17) is 10.2 Å². The minimum absolute atomic E-state index is 0. The van der Waals surface area contributed by atoms with Crippen LogP contribution in [0.15, 0.2) is 0 Å². The van der Waals surface area contributed by atoms with Crippen LogP contribution in [0.5, 0.6) is 0 Å². The van der Waals surface area contributed by atoms with Gasteiger partial charge >= 0.3 is 59.1 Å². The molecule has 0 fully saturated rings. The second-order valence-electron chi connectivity index (χ2n) is 1.15. The molecule has 0 aromatic rings. The van der Waals surface area contributed by atoms with E-state index in [9.17, 15) is 0 Å². The SMILES string of the molecule is OCCCCO.[NaH].[NaH]. The Labute approximate surface area is 94.2 Å². The summed E-state index contributed by atoms with van der Waals surface area (Å²) in [4.78, 5) is 0. The average molecular weight is 138 g/mol. The van der Waals surface area contributed by atoms with Crippen LogP contribution in [0.4, 0.5) is 0 Å². The number of hydrogen-bond acceptors (Lipinski definition) is 2. The molecule has 2 nitrogen and oxygen atoms in total. The number of aliphatic hydroxyl groups excluding tert-OH is 2. The zero-order valence-corrected chi connectivity index (χ0v) is 3.72. The number of rotatable bonds is 3. The van der Waals surface area contributed by atoms with Gasteiger partial charge in [-0.05, 0) is 12.8 Å². The molecule has 2 N–H and O–H groups in total. The van der Waals surface area contributed by atoms with Crippen LogP contribution in [0.2, 0.25) is 0 Å². The molecular weight excluding hydrogens is 126 g/mol. The second-order valence-corrected chi connectivity index (χ2v) is 1.15. The fourth-order valence-electron chi connectivity index (χ4n) is 0.224. The van der Waals surface area contributed by atoms with Crippen molar-refractivity contribution < 1.29 is 10.2 Å². The van der Waals surface area contributed by atoms with Crippen molar-refractivity contribution in [1.29, 1.82) is 0 Å². The average Bonchev–Trinajstić information content (AvgIpc) is 1.61. The Morgan fingerprint density at radius 2 is 1.00 bits per heavy atom. The standard InChI is InChI=1S/C4H10O2.2Na.2H/c5-3-1-2-4-6;;;;/h5-6H,1-4H2;;;;. The second kappa shape index (κ2) is 16.0. The molecule has 42 valence electrons. The quantitative estimate of drug-likeness (QED) is 0.366. The first kappa shape index (κ1) is 16.5. The summed E-state index contributed by atoms with van der Waals surface area (Å²) in [6.45, 7) is 0.390. The normalized spacial score (nSPS) is 6.75. The maximum absolute atomic E-state index is 8.09. The van der Waals surface area contributed by atoms with E-state index in [2.05, 4.69) is 0 Å². The Balaban J connectivity index is -0.000000125. The van der Waals surface area contributed by atoms with Crippen molar-refractivity contribution in [2.75, 3.05) is 13.2 Å². The fraction of sp³-hybridized carbons (Fsp3) is 1.00. The van der Waals surface area contributed by atoms with Crippen LogP contribution in [-0.4, -0.2) is 82.5 Å². The van der Waals surface area contributed by atoms with Crippen LogP contribution in [0.25, 0.3) is 0 Å². The number of aliphatic hydroxyl groups is 2. The Morgan fingerprint density at radius 3 is 1.12 bits per heavy atom. The molecular formula is C4H12Na2O2. The van der Waals surface area contributed by atoms with E-state index in [0.717, 1.165) is 12.8 Å². The van der Waals surface area contributed by atoms with E-state index < -0.39 is 0 Å². The third-order valence-electron chi connectivity index (χ3n) is 0.566. The predicted octanol–water partition coefficient (Wildman–Crippen LogP) is -1.55. The Kier molecular flexibility index (Phi) is 32.9. The van der Waals surface area contributed by atoms with E-state index >= 15 is 0 Å². The molecule has 0 atom stereocenters. The molecule has 0 rings (SSSR count). The molecule has 0 spiro atoms. The van der Waals surface area contributed by atoms with Gasteiger partial charge in [0.05, 0.1) is 0 Å². The van der Waals surface area contributed by atoms with Gasteiger partial charge in [0.15, 0.2) is 0 Å². The molecule has 8 heavy (non-hydrogen) atoms. The molecule has 0 aromatic heterocycles. The van der Waals surface area contributed by atoms with Crippen molar-refractivity contribution in [1.82, 2.24) is 0 Å². The molecule has 0 aliphatic heterocycles. The minimum atomic E-state index is 0. The van der Waals surface area contributed by atoms with Crippen molar-refractivity contribution in [3.8, 4) is 0 Å². The Hall–Kier alpha value is 1.92. The summed E-state index contributed by atoms with van der Waals surface area (Å²) in [6, 6.07) is 0. The van der Waals surface area contributed by atoms with Gasteiger partial charge < -0.3 is 10.2 Å². The molecule has 0 radical (unpaired) electrons. The van der Waals surface area contributed by atoms with Crippen LogP contribution < -0.4 is 0 Å². The van der Waals surface area contributed by atoms with Crippen LogP contribution in [0, 0.1) is 0 Å². The van der Waals surface area contributed by atoms with Gasteiger partial charge in [0.2, 0.25) is 0 Å². The molecule has 0 aromatic carbocycles. The summed E-state index contributed by atoms with van der Waals surface area (Å²) < 4.78 is 0. The summed E-state index contributed by atoms with van der Waals surface area (Å²) >= 11 is 0. The zero-order chi connectivity index (χ0) is 4.83. The van der Waals surface area contributed by atoms with E-state index in [0.29, 0.717) is 0 Å². The number of unbranched alkanes of at least 4 members (excludes halogenated alkanes) is 1. The Bertz CT molecular complexity index is 24.0. The van der Waals surface area contributed by atoms with Gasteiger partial charge in [-0.1, -0.05) is 0 Å². The van der Waals surface area contributed by atoms with Gasteiger partial charge in [-0.3, -0.25) is 0 Å². The summed E-state index contributed by atoms with van der Waals surface area (Å²) in [5.74, 6) is 0. The summed E-state index contributed by atoms with van der Waals surface area (Å²) in [5.41, 5.74) is 0. The van der Waals surface area contributed by atoms with Crippen LogP contribution in [-0.2, 0) is 0 Å². The van der Waals surface area contributed by atoms with Crippen molar-refractivity contribution in [2.45, 2.75) is 12.8 Å². The molecule has 0 unspecified atom stereocenters. The van der Waals surface area contributed by atoms with Gasteiger partial charge in [-0.2, -0.15) is 0 Å². The van der Waals surface area contributed by atoms with Crippen molar-refractivity contribution in [3.05, 3.63) is 0 Å². The molecule has 0 saturated heterocycles. The van der Waals surface area contributed by atoms with Gasteiger partial charge in [0.1, 0.15) is 0 Å². The molecule has 4 heteroatoms. The summed E-state index contributed by atoms with van der Waals surface area (Å²) in [6.07, 6.45) is 1.44. The van der Waals surface area contributed by atoms with E-state index in [-0.39, 0.29) is 72.3 Å². The van der Waals surface area contributed by atoms with Gasteiger partial charge in [-0.15, -0.1) is 0 Å². The topological polar surface area (TPSA) is 40.5 Å². The van der Waals surface area contributed by atoms with E-state index in [1.54, 1.807) is 0 Å². The maximum atomic E-state index is 8.09.